The summed E-state index contributed by atoms with van der Waals surface area (Å²) in [7, 11) is 0. The van der Waals surface area contributed by atoms with Crippen LogP contribution in [0.3, 0.4) is 0 Å². The van der Waals surface area contributed by atoms with E-state index in [2.05, 4.69) is 0 Å². The Bertz CT molecular complexity index is 248. The van der Waals surface area contributed by atoms with Crippen molar-refractivity contribution in [3.8, 4) is 11.5 Å². The molecule has 0 radical (unpaired) electrons. The molecule has 0 atom stereocenters. The fourth-order valence-corrected chi connectivity index (χ4v) is 0.838. The summed E-state index contributed by atoms with van der Waals surface area (Å²) in [5.41, 5.74) is 0. The van der Waals surface area contributed by atoms with Crippen molar-refractivity contribution in [3.63, 3.8) is 0 Å². The number of hydrogen-bond donors (Lipinski definition) is 0. The maximum atomic E-state index is 5.08. The lowest BCUT2D eigenvalue weighted by molar-refractivity contribution is 0.524. The van der Waals surface area contributed by atoms with Gasteiger partial charge in [-0.05, 0) is 24.3 Å². The summed E-state index contributed by atoms with van der Waals surface area (Å²) in [6, 6.07) is 7.38. The highest BCUT2D eigenvalue weighted by Gasteiger charge is 2.00. The van der Waals surface area contributed by atoms with Gasteiger partial charge in [0.15, 0.2) is 11.5 Å². The summed E-state index contributed by atoms with van der Waals surface area (Å²) in [5, 5.41) is 0. The van der Waals surface area contributed by atoms with Gasteiger partial charge in [0.25, 0.3) is 0 Å². The van der Waals surface area contributed by atoms with Gasteiger partial charge in [-0.3, -0.25) is 0 Å². The van der Waals surface area contributed by atoms with Crippen molar-refractivity contribution in [2.45, 2.75) is 27.7 Å². The van der Waals surface area contributed by atoms with Gasteiger partial charge in [-0.1, -0.05) is 27.7 Å². The van der Waals surface area contributed by atoms with Gasteiger partial charge < -0.3 is 8.83 Å². The molecule has 0 N–H and O–H groups in total. The average Bonchev–Trinajstić information content (AvgIpc) is 2.96. The Morgan fingerprint density at radius 2 is 1.07 bits per heavy atom. The maximum absolute atomic E-state index is 5.08. The third-order valence-electron chi connectivity index (χ3n) is 1.29. The third-order valence-corrected chi connectivity index (χ3v) is 1.29. The van der Waals surface area contributed by atoms with Crippen molar-refractivity contribution in [3.05, 3.63) is 36.8 Å². The summed E-state index contributed by atoms with van der Waals surface area (Å²) in [4.78, 5) is 0. The first-order valence-electron chi connectivity index (χ1n) is 5.04. The van der Waals surface area contributed by atoms with Crippen molar-refractivity contribution >= 4 is 0 Å². The van der Waals surface area contributed by atoms with Gasteiger partial charge in [0, 0.05) is 0 Å². The maximum Gasteiger partial charge on any atom is 0.169 e. The molecule has 2 nitrogen and oxygen atoms in total. The fourth-order valence-electron chi connectivity index (χ4n) is 0.838. The van der Waals surface area contributed by atoms with E-state index in [9.17, 15) is 0 Å². The van der Waals surface area contributed by atoms with E-state index in [0.717, 1.165) is 11.5 Å². The highest BCUT2D eigenvalue weighted by Crippen LogP contribution is 2.18. The van der Waals surface area contributed by atoms with E-state index in [1.165, 1.54) is 0 Å². The summed E-state index contributed by atoms with van der Waals surface area (Å²) in [5.74, 6) is 1.54. The molecule has 0 saturated heterocycles. The first kappa shape index (κ1) is 12.6. The average molecular weight is 194 g/mol. The number of hydrogen-bond acceptors (Lipinski definition) is 2. The van der Waals surface area contributed by atoms with Crippen molar-refractivity contribution in [2.75, 3.05) is 0 Å². The summed E-state index contributed by atoms with van der Waals surface area (Å²) < 4.78 is 10.2. The SMILES string of the molecule is CC.CC.c1coc(-c2ccco2)c1. The zero-order chi connectivity index (χ0) is 10.8. The van der Waals surface area contributed by atoms with E-state index in [0.29, 0.717) is 0 Å². The van der Waals surface area contributed by atoms with Crippen LogP contribution in [0.4, 0.5) is 0 Å². The molecule has 2 aromatic rings. The topological polar surface area (TPSA) is 26.3 Å². The van der Waals surface area contributed by atoms with E-state index in [1.807, 2.05) is 52.0 Å². The lowest BCUT2D eigenvalue weighted by atomic mass is 10.3. The molecule has 2 rings (SSSR count). The Morgan fingerprint density at radius 1 is 0.714 bits per heavy atom. The Balaban J connectivity index is 0.000000379. The van der Waals surface area contributed by atoms with Gasteiger partial charge in [-0.2, -0.15) is 0 Å². The lowest BCUT2D eigenvalue weighted by Gasteiger charge is -1.84. The summed E-state index contributed by atoms with van der Waals surface area (Å²) in [6.07, 6.45) is 3.25. The molecule has 0 aliphatic heterocycles. The fraction of sp³-hybridized carbons (Fsp3) is 0.333. The van der Waals surface area contributed by atoms with E-state index in [4.69, 9.17) is 8.83 Å². The van der Waals surface area contributed by atoms with Gasteiger partial charge >= 0.3 is 0 Å². The van der Waals surface area contributed by atoms with Gasteiger partial charge in [0.05, 0.1) is 12.5 Å². The molecule has 2 heterocycles. The van der Waals surface area contributed by atoms with Gasteiger partial charge in [-0.25, -0.2) is 0 Å². The molecule has 2 aromatic heterocycles. The van der Waals surface area contributed by atoms with Gasteiger partial charge in [-0.15, -0.1) is 0 Å². The van der Waals surface area contributed by atoms with E-state index >= 15 is 0 Å². The molecule has 0 aliphatic rings. The van der Waals surface area contributed by atoms with Crippen LogP contribution < -0.4 is 0 Å². The highest BCUT2D eigenvalue weighted by atomic mass is 16.4. The van der Waals surface area contributed by atoms with Crippen molar-refractivity contribution in [1.29, 1.82) is 0 Å². The zero-order valence-electron chi connectivity index (χ0n) is 9.28. The molecule has 0 bridgehead atoms. The Hall–Kier alpha value is -1.44. The number of rotatable bonds is 1. The Kier molecular flexibility index (Phi) is 7.33. The molecule has 14 heavy (non-hydrogen) atoms. The zero-order valence-corrected chi connectivity index (χ0v) is 9.28. The van der Waals surface area contributed by atoms with Crippen LogP contribution in [0.15, 0.2) is 45.6 Å². The van der Waals surface area contributed by atoms with Gasteiger partial charge in [0.1, 0.15) is 0 Å². The summed E-state index contributed by atoms with van der Waals surface area (Å²) >= 11 is 0. The largest absolute Gasteiger partial charge is 0.461 e. The van der Waals surface area contributed by atoms with Crippen molar-refractivity contribution in [1.82, 2.24) is 0 Å². The van der Waals surface area contributed by atoms with E-state index < -0.39 is 0 Å². The molecule has 0 fully saturated rings. The second kappa shape index (κ2) is 8.17. The van der Waals surface area contributed by atoms with Crippen LogP contribution in [-0.2, 0) is 0 Å². The third kappa shape index (κ3) is 3.52. The quantitative estimate of drug-likeness (QED) is 0.663. The number of furan rings is 2. The Morgan fingerprint density at radius 3 is 1.29 bits per heavy atom. The molecular formula is C12H18O2. The normalized spacial score (nSPS) is 8.00. The molecule has 0 spiro atoms. The molecule has 0 saturated carbocycles. The highest BCUT2D eigenvalue weighted by molar-refractivity contribution is 5.48. The van der Waals surface area contributed by atoms with Crippen LogP contribution >= 0.6 is 0 Å². The lowest BCUT2D eigenvalue weighted by Crippen LogP contribution is -1.61. The van der Waals surface area contributed by atoms with Crippen LogP contribution in [0.25, 0.3) is 11.5 Å². The molecule has 2 heteroatoms. The minimum absolute atomic E-state index is 0.769. The molecule has 78 valence electrons. The van der Waals surface area contributed by atoms with Crippen LogP contribution in [0, 0.1) is 0 Å². The molecular weight excluding hydrogens is 176 g/mol. The van der Waals surface area contributed by atoms with Gasteiger partial charge in [0.2, 0.25) is 0 Å². The molecule has 0 aromatic carbocycles. The second-order valence-electron chi connectivity index (χ2n) is 1.95. The van der Waals surface area contributed by atoms with Crippen LogP contribution in [-0.4, -0.2) is 0 Å². The van der Waals surface area contributed by atoms with Crippen LogP contribution in [0.5, 0.6) is 0 Å². The first-order chi connectivity index (χ1) is 6.97. The van der Waals surface area contributed by atoms with E-state index in [1.54, 1.807) is 12.5 Å². The molecule has 0 unspecified atom stereocenters. The predicted octanol–water partition coefficient (Wildman–Crippen LogP) is 4.59. The Labute approximate surface area is 85.5 Å². The predicted molar refractivity (Wildman–Crippen MR) is 59.1 cm³/mol. The minimum atomic E-state index is 0.769. The first-order valence-corrected chi connectivity index (χ1v) is 5.04. The van der Waals surface area contributed by atoms with Crippen LogP contribution in [0.2, 0.25) is 0 Å². The molecule has 0 aliphatic carbocycles. The molecule has 0 amide bonds. The minimum Gasteiger partial charge on any atom is -0.461 e. The van der Waals surface area contributed by atoms with Crippen molar-refractivity contribution < 1.29 is 8.83 Å². The van der Waals surface area contributed by atoms with E-state index in [-0.39, 0.29) is 0 Å². The standard InChI is InChI=1S/C8H6O2.2C2H6/c1-3-7(9-5-1)8-4-2-6-10-8;2*1-2/h1-6H;2*1-2H3. The van der Waals surface area contributed by atoms with Crippen LogP contribution in [0.1, 0.15) is 27.7 Å². The smallest absolute Gasteiger partial charge is 0.169 e. The summed E-state index contributed by atoms with van der Waals surface area (Å²) in [6.45, 7) is 8.00. The monoisotopic (exact) mass is 194 g/mol. The van der Waals surface area contributed by atoms with Crippen molar-refractivity contribution in [2.24, 2.45) is 0 Å². The second-order valence-corrected chi connectivity index (χ2v) is 1.95.